The molecule has 2 heterocycles. The van der Waals surface area contributed by atoms with Crippen LogP contribution >= 0.6 is 0 Å². The highest BCUT2D eigenvalue weighted by atomic mass is 16.5. The van der Waals surface area contributed by atoms with Gasteiger partial charge in [-0.25, -0.2) is 0 Å². The maximum Gasteiger partial charge on any atom is 0.131 e. The molecule has 1 saturated heterocycles. The Morgan fingerprint density at radius 3 is 3.35 bits per heavy atom. The minimum Gasteiger partial charge on any atom is -0.485 e. The summed E-state index contributed by atoms with van der Waals surface area (Å²) < 4.78 is 6.15. The molecule has 2 bridgehead atoms. The second-order valence-corrected chi connectivity index (χ2v) is 5.92. The molecule has 2 spiro atoms. The van der Waals surface area contributed by atoms with Gasteiger partial charge in [-0.3, -0.25) is 5.32 Å². The van der Waals surface area contributed by atoms with Gasteiger partial charge < -0.3 is 4.74 Å². The molecule has 6 rings (SSSR count). The second-order valence-electron chi connectivity index (χ2n) is 5.92. The van der Waals surface area contributed by atoms with E-state index in [0.717, 1.165) is 5.75 Å². The molecule has 4 atom stereocenters. The zero-order chi connectivity index (χ0) is 10.8. The van der Waals surface area contributed by atoms with Crippen LogP contribution < -0.4 is 10.1 Å². The first-order valence-corrected chi connectivity index (χ1v) is 6.33. The smallest absolute Gasteiger partial charge is 0.131 e. The third-order valence-corrected chi connectivity index (χ3v) is 5.45. The number of hydrogen-bond acceptors (Lipinski definition) is 2. The first-order chi connectivity index (χ1) is 8.36. The zero-order valence-electron chi connectivity index (χ0n) is 9.23. The molecule has 0 amide bonds. The second kappa shape index (κ2) is 1.87. The maximum atomic E-state index is 6.15. The molecular weight excluding hydrogens is 210 g/mol. The molecule has 0 aromatic heterocycles. The molecule has 0 radical (unpaired) electrons. The van der Waals surface area contributed by atoms with Crippen LogP contribution in [0.25, 0.3) is 0 Å². The van der Waals surface area contributed by atoms with E-state index in [0.29, 0.717) is 6.04 Å². The van der Waals surface area contributed by atoms with Gasteiger partial charge in [-0.2, -0.15) is 0 Å². The fourth-order valence-corrected chi connectivity index (χ4v) is 4.89. The van der Waals surface area contributed by atoms with Crippen molar-refractivity contribution in [1.29, 1.82) is 0 Å². The summed E-state index contributed by atoms with van der Waals surface area (Å²) in [5.74, 6) is 1.12. The Morgan fingerprint density at radius 2 is 2.35 bits per heavy atom. The van der Waals surface area contributed by atoms with E-state index in [1.54, 1.807) is 5.57 Å². The Labute approximate surface area is 99.0 Å². The van der Waals surface area contributed by atoms with Crippen LogP contribution in [0.3, 0.4) is 0 Å². The normalized spacial score (nSPS) is 48.6. The maximum absolute atomic E-state index is 6.15. The Balaban J connectivity index is 1.86. The SMILES string of the molecule is C1=CC2Oc3cccc4c3C23CC42NC2C3=C1. The molecule has 2 aliphatic heterocycles. The Hall–Kier alpha value is -1.54. The van der Waals surface area contributed by atoms with E-state index in [2.05, 4.69) is 41.7 Å². The molecular formula is C15H11NO. The Morgan fingerprint density at radius 1 is 1.35 bits per heavy atom. The molecule has 2 nitrogen and oxygen atoms in total. The van der Waals surface area contributed by atoms with Crippen LogP contribution in [0.15, 0.2) is 42.0 Å². The van der Waals surface area contributed by atoms with E-state index >= 15 is 0 Å². The van der Waals surface area contributed by atoms with Crippen LogP contribution in [0.2, 0.25) is 0 Å². The average molecular weight is 221 g/mol. The molecule has 4 unspecified atom stereocenters. The van der Waals surface area contributed by atoms with Crippen molar-refractivity contribution in [3.63, 3.8) is 0 Å². The highest BCUT2D eigenvalue weighted by Crippen LogP contribution is 2.74. The summed E-state index contributed by atoms with van der Waals surface area (Å²) in [5.41, 5.74) is 5.03. The fraction of sp³-hybridized carbons (Fsp3) is 0.333. The van der Waals surface area contributed by atoms with Crippen molar-refractivity contribution < 1.29 is 4.74 Å². The van der Waals surface area contributed by atoms with Gasteiger partial charge in [0.1, 0.15) is 11.9 Å². The molecule has 2 heteroatoms. The van der Waals surface area contributed by atoms with E-state index in [4.69, 9.17) is 4.74 Å². The van der Waals surface area contributed by atoms with Crippen molar-refractivity contribution in [3.05, 3.63) is 53.1 Å². The molecule has 3 aliphatic carbocycles. The van der Waals surface area contributed by atoms with Gasteiger partial charge in [0.25, 0.3) is 0 Å². The third-order valence-electron chi connectivity index (χ3n) is 5.45. The lowest BCUT2D eigenvalue weighted by atomic mass is 9.70. The topological polar surface area (TPSA) is 31.2 Å². The van der Waals surface area contributed by atoms with Gasteiger partial charge in [-0.15, -0.1) is 0 Å². The van der Waals surface area contributed by atoms with E-state index in [1.165, 1.54) is 17.5 Å². The summed E-state index contributed by atoms with van der Waals surface area (Å²) in [7, 11) is 0. The molecule has 2 fully saturated rings. The van der Waals surface area contributed by atoms with Crippen LogP contribution in [0.4, 0.5) is 0 Å². The van der Waals surface area contributed by atoms with E-state index in [-0.39, 0.29) is 17.1 Å². The standard InChI is InChI=1S/C15H11NO/c1-3-8-12-10(5-1)17-11-6-2-4-9-13-15(8,16-13)7-14(9,11)12/h1-6,11,13,16H,7H2. The van der Waals surface area contributed by atoms with E-state index in [1.807, 2.05) is 0 Å². The molecule has 82 valence electrons. The first-order valence-electron chi connectivity index (χ1n) is 6.33. The molecule has 1 aromatic rings. The molecule has 1 aromatic carbocycles. The highest BCUT2D eigenvalue weighted by Gasteiger charge is 2.79. The van der Waals surface area contributed by atoms with Crippen molar-refractivity contribution in [2.45, 2.75) is 29.5 Å². The minimum absolute atomic E-state index is 0.191. The quantitative estimate of drug-likeness (QED) is 0.677. The number of allylic oxidation sites excluding steroid dienone is 2. The van der Waals surface area contributed by atoms with Crippen molar-refractivity contribution in [3.8, 4) is 5.75 Å². The van der Waals surface area contributed by atoms with Crippen LogP contribution in [0.1, 0.15) is 17.5 Å². The monoisotopic (exact) mass is 221 g/mol. The predicted molar refractivity (Wildman–Crippen MR) is 63.0 cm³/mol. The number of hydrogen-bond donors (Lipinski definition) is 1. The lowest BCUT2D eigenvalue weighted by molar-refractivity contribution is 0.207. The lowest BCUT2D eigenvalue weighted by Gasteiger charge is -2.32. The van der Waals surface area contributed by atoms with Crippen LogP contribution in [0, 0.1) is 0 Å². The molecule has 1 saturated carbocycles. The van der Waals surface area contributed by atoms with Gasteiger partial charge in [-0.1, -0.05) is 24.3 Å². The molecule has 17 heavy (non-hydrogen) atoms. The van der Waals surface area contributed by atoms with Crippen molar-refractivity contribution >= 4 is 0 Å². The summed E-state index contributed by atoms with van der Waals surface area (Å²) in [5, 5.41) is 3.71. The minimum atomic E-state index is 0.191. The third kappa shape index (κ3) is 0.524. The van der Waals surface area contributed by atoms with Crippen molar-refractivity contribution in [2.75, 3.05) is 0 Å². The summed E-state index contributed by atoms with van der Waals surface area (Å²) in [6, 6.07) is 7.15. The number of ether oxygens (including phenoxy) is 1. The van der Waals surface area contributed by atoms with Crippen LogP contribution in [-0.4, -0.2) is 12.1 Å². The predicted octanol–water partition coefficient (Wildman–Crippen LogP) is 1.77. The fourth-order valence-electron chi connectivity index (χ4n) is 4.89. The number of rotatable bonds is 0. The van der Waals surface area contributed by atoms with Gasteiger partial charge in [-0.05, 0) is 29.7 Å². The summed E-state index contributed by atoms with van der Waals surface area (Å²) >= 11 is 0. The van der Waals surface area contributed by atoms with Crippen LogP contribution in [0.5, 0.6) is 5.75 Å². The van der Waals surface area contributed by atoms with E-state index < -0.39 is 0 Å². The van der Waals surface area contributed by atoms with E-state index in [9.17, 15) is 0 Å². The van der Waals surface area contributed by atoms with Crippen molar-refractivity contribution in [1.82, 2.24) is 5.32 Å². The van der Waals surface area contributed by atoms with Gasteiger partial charge in [0.05, 0.1) is 17.0 Å². The Kier molecular flexibility index (Phi) is 0.848. The van der Waals surface area contributed by atoms with Gasteiger partial charge in [0.15, 0.2) is 0 Å². The number of piperidine rings is 1. The van der Waals surface area contributed by atoms with Gasteiger partial charge >= 0.3 is 0 Å². The highest BCUT2D eigenvalue weighted by molar-refractivity contribution is 5.74. The van der Waals surface area contributed by atoms with Crippen LogP contribution in [-0.2, 0) is 11.0 Å². The summed E-state index contributed by atoms with van der Waals surface area (Å²) in [4.78, 5) is 0. The largest absolute Gasteiger partial charge is 0.485 e. The summed E-state index contributed by atoms with van der Waals surface area (Å²) in [6.45, 7) is 0. The number of benzene rings is 1. The Bertz CT molecular complexity index is 673. The lowest BCUT2D eigenvalue weighted by Crippen LogP contribution is -2.39. The van der Waals surface area contributed by atoms with Crippen molar-refractivity contribution in [2.24, 2.45) is 0 Å². The zero-order valence-corrected chi connectivity index (χ0v) is 9.23. The van der Waals surface area contributed by atoms with Gasteiger partial charge in [0.2, 0.25) is 0 Å². The molecule has 1 N–H and O–H groups in total. The first kappa shape index (κ1) is 7.72. The average Bonchev–Trinajstić information content (AvgIpc) is 2.74. The number of fused-ring (bicyclic) bond motifs is 1. The summed E-state index contributed by atoms with van der Waals surface area (Å²) in [6.07, 6.45) is 8.17. The van der Waals surface area contributed by atoms with Gasteiger partial charge in [0, 0.05) is 5.56 Å². The molecule has 5 aliphatic rings. The number of nitrogens with one attached hydrogen (secondary N) is 1.